The van der Waals surface area contributed by atoms with Gasteiger partial charge >= 0.3 is 0 Å². The molecule has 4 heteroatoms. The third kappa shape index (κ3) is 5.08. The van der Waals surface area contributed by atoms with Crippen LogP contribution in [0.2, 0.25) is 0 Å². The van der Waals surface area contributed by atoms with Crippen molar-refractivity contribution in [2.75, 3.05) is 37.7 Å². The molecular formula is C14H28N2OS. The fraction of sp³-hybridized carbons (Fsp3) is 1.00. The molecule has 0 bridgehead atoms. The van der Waals surface area contributed by atoms with Crippen LogP contribution in [0, 0.1) is 5.92 Å². The van der Waals surface area contributed by atoms with Crippen LogP contribution in [0.3, 0.4) is 0 Å². The van der Waals surface area contributed by atoms with E-state index in [-0.39, 0.29) is 6.10 Å². The van der Waals surface area contributed by atoms with Crippen molar-refractivity contribution in [3.63, 3.8) is 0 Å². The largest absolute Gasteiger partial charge is 0.390 e. The van der Waals surface area contributed by atoms with E-state index in [1.165, 1.54) is 37.2 Å². The number of β-amino-alcohol motifs (C(OH)–C–C–N with tert-alkyl or cyclic N) is 1. The van der Waals surface area contributed by atoms with Crippen LogP contribution in [0.5, 0.6) is 0 Å². The van der Waals surface area contributed by atoms with Crippen LogP contribution in [-0.2, 0) is 0 Å². The first-order valence-electron chi connectivity index (χ1n) is 7.45. The molecule has 1 unspecified atom stereocenters. The Labute approximate surface area is 116 Å². The minimum atomic E-state index is -0.201. The summed E-state index contributed by atoms with van der Waals surface area (Å²) in [6.07, 6.45) is 4.91. The van der Waals surface area contributed by atoms with Crippen LogP contribution in [0.1, 0.15) is 32.6 Å². The van der Waals surface area contributed by atoms with E-state index in [0.29, 0.717) is 6.04 Å². The van der Waals surface area contributed by atoms with Crippen LogP contribution < -0.4 is 5.32 Å². The normalized spacial score (nSPS) is 26.3. The van der Waals surface area contributed by atoms with Gasteiger partial charge in [0.25, 0.3) is 0 Å². The zero-order valence-corrected chi connectivity index (χ0v) is 12.4. The maximum atomic E-state index is 10.1. The molecular weight excluding hydrogens is 244 g/mol. The SMILES string of the molecule is CC1CCN(CC(O)CNC2CCSCC2)CC1. The van der Waals surface area contributed by atoms with Gasteiger partial charge in [-0.15, -0.1) is 0 Å². The highest BCUT2D eigenvalue weighted by Crippen LogP contribution is 2.17. The van der Waals surface area contributed by atoms with Gasteiger partial charge in [-0.25, -0.2) is 0 Å². The highest BCUT2D eigenvalue weighted by atomic mass is 32.2. The monoisotopic (exact) mass is 272 g/mol. The number of nitrogens with one attached hydrogen (secondary N) is 1. The Morgan fingerprint density at radius 3 is 2.56 bits per heavy atom. The van der Waals surface area contributed by atoms with Crippen molar-refractivity contribution in [3.8, 4) is 0 Å². The van der Waals surface area contributed by atoms with E-state index in [9.17, 15) is 5.11 Å². The Bertz CT molecular complexity index is 226. The topological polar surface area (TPSA) is 35.5 Å². The lowest BCUT2D eigenvalue weighted by atomic mass is 9.99. The van der Waals surface area contributed by atoms with Crippen LogP contribution in [0.25, 0.3) is 0 Å². The summed E-state index contributed by atoms with van der Waals surface area (Å²) in [5.41, 5.74) is 0. The molecule has 3 nitrogen and oxygen atoms in total. The Morgan fingerprint density at radius 2 is 1.89 bits per heavy atom. The zero-order chi connectivity index (χ0) is 12.8. The zero-order valence-electron chi connectivity index (χ0n) is 11.6. The Hall–Kier alpha value is 0.230. The molecule has 106 valence electrons. The summed E-state index contributed by atoms with van der Waals surface area (Å²) in [7, 11) is 0. The van der Waals surface area contributed by atoms with Gasteiger partial charge in [0.1, 0.15) is 0 Å². The standard InChI is InChI=1S/C14H28N2OS/c1-12-2-6-16(7-3-12)11-14(17)10-15-13-4-8-18-9-5-13/h12-15,17H,2-11H2,1H3. The predicted molar refractivity (Wildman–Crippen MR) is 79.2 cm³/mol. The molecule has 2 N–H and O–H groups in total. The number of aliphatic hydroxyl groups excluding tert-OH is 1. The van der Waals surface area contributed by atoms with Crippen LogP contribution in [0.15, 0.2) is 0 Å². The van der Waals surface area contributed by atoms with Gasteiger partial charge < -0.3 is 15.3 Å². The average Bonchev–Trinajstić information content (AvgIpc) is 2.40. The average molecular weight is 272 g/mol. The van der Waals surface area contributed by atoms with Crippen molar-refractivity contribution < 1.29 is 5.11 Å². The fourth-order valence-corrected chi connectivity index (χ4v) is 3.92. The molecule has 0 aliphatic carbocycles. The molecule has 18 heavy (non-hydrogen) atoms. The summed E-state index contributed by atoms with van der Waals surface area (Å²) in [5, 5.41) is 13.6. The van der Waals surface area contributed by atoms with E-state index < -0.39 is 0 Å². The summed E-state index contributed by atoms with van der Waals surface area (Å²) >= 11 is 2.05. The van der Waals surface area contributed by atoms with Gasteiger partial charge in [-0.05, 0) is 56.2 Å². The molecule has 2 saturated heterocycles. The van der Waals surface area contributed by atoms with E-state index in [1.54, 1.807) is 0 Å². The van der Waals surface area contributed by atoms with Crippen LogP contribution in [0.4, 0.5) is 0 Å². The van der Waals surface area contributed by atoms with E-state index in [2.05, 4.69) is 28.9 Å². The summed E-state index contributed by atoms with van der Waals surface area (Å²) in [6.45, 7) is 6.27. The maximum absolute atomic E-state index is 10.1. The number of rotatable bonds is 5. The summed E-state index contributed by atoms with van der Waals surface area (Å²) < 4.78 is 0. The van der Waals surface area contributed by atoms with E-state index in [4.69, 9.17) is 0 Å². The second-order valence-electron chi connectivity index (χ2n) is 5.93. The molecule has 0 aromatic heterocycles. The van der Waals surface area contributed by atoms with Crippen molar-refractivity contribution in [2.45, 2.75) is 44.8 Å². The molecule has 0 aromatic rings. The highest BCUT2D eigenvalue weighted by molar-refractivity contribution is 7.99. The maximum Gasteiger partial charge on any atom is 0.0791 e. The summed E-state index contributed by atoms with van der Waals surface area (Å²) in [6, 6.07) is 0.641. The lowest BCUT2D eigenvalue weighted by molar-refractivity contribution is 0.0886. The molecule has 0 radical (unpaired) electrons. The summed E-state index contributed by atoms with van der Waals surface area (Å²) in [5.74, 6) is 3.42. The molecule has 0 amide bonds. The van der Waals surface area contributed by atoms with Crippen molar-refractivity contribution >= 4 is 11.8 Å². The molecule has 0 spiro atoms. The second kappa shape index (κ2) is 7.73. The van der Waals surface area contributed by atoms with Gasteiger partial charge in [0.15, 0.2) is 0 Å². The van der Waals surface area contributed by atoms with Gasteiger partial charge in [0, 0.05) is 19.1 Å². The smallest absolute Gasteiger partial charge is 0.0791 e. The van der Waals surface area contributed by atoms with Crippen molar-refractivity contribution in [2.24, 2.45) is 5.92 Å². The molecule has 2 aliphatic rings. The van der Waals surface area contributed by atoms with Gasteiger partial charge in [-0.1, -0.05) is 6.92 Å². The number of hydrogen-bond donors (Lipinski definition) is 2. The number of aliphatic hydroxyl groups is 1. The van der Waals surface area contributed by atoms with Gasteiger partial charge in [-0.2, -0.15) is 11.8 Å². The predicted octanol–water partition coefficient (Wildman–Crippen LogP) is 1.56. The number of piperidine rings is 1. The fourth-order valence-electron chi connectivity index (χ4n) is 2.81. The first-order chi connectivity index (χ1) is 8.74. The van der Waals surface area contributed by atoms with Gasteiger partial charge in [0.05, 0.1) is 6.10 Å². The Morgan fingerprint density at radius 1 is 1.22 bits per heavy atom. The van der Waals surface area contributed by atoms with E-state index in [0.717, 1.165) is 32.1 Å². The van der Waals surface area contributed by atoms with Gasteiger partial charge in [0.2, 0.25) is 0 Å². The molecule has 2 heterocycles. The van der Waals surface area contributed by atoms with Crippen molar-refractivity contribution in [3.05, 3.63) is 0 Å². The third-order valence-electron chi connectivity index (χ3n) is 4.21. The molecule has 0 saturated carbocycles. The minimum Gasteiger partial charge on any atom is -0.390 e. The molecule has 1 atom stereocenters. The highest BCUT2D eigenvalue weighted by Gasteiger charge is 2.19. The first-order valence-corrected chi connectivity index (χ1v) is 8.61. The second-order valence-corrected chi connectivity index (χ2v) is 7.16. The van der Waals surface area contributed by atoms with E-state index in [1.807, 2.05) is 0 Å². The summed E-state index contributed by atoms with van der Waals surface area (Å²) in [4.78, 5) is 2.42. The molecule has 2 aliphatic heterocycles. The number of thioether (sulfide) groups is 1. The Balaban J connectivity index is 1.58. The van der Waals surface area contributed by atoms with Crippen molar-refractivity contribution in [1.29, 1.82) is 0 Å². The van der Waals surface area contributed by atoms with Crippen molar-refractivity contribution in [1.82, 2.24) is 10.2 Å². The van der Waals surface area contributed by atoms with Crippen LogP contribution >= 0.6 is 11.8 Å². The van der Waals surface area contributed by atoms with E-state index >= 15 is 0 Å². The van der Waals surface area contributed by atoms with Crippen LogP contribution in [-0.4, -0.2) is 59.8 Å². The lowest BCUT2D eigenvalue weighted by Crippen LogP contribution is -2.44. The molecule has 0 aromatic carbocycles. The Kier molecular flexibility index (Phi) is 6.29. The third-order valence-corrected chi connectivity index (χ3v) is 5.26. The number of likely N-dealkylation sites (tertiary alicyclic amines) is 1. The number of nitrogens with zero attached hydrogens (tertiary/aromatic N) is 1. The lowest BCUT2D eigenvalue weighted by Gasteiger charge is -2.32. The molecule has 2 rings (SSSR count). The molecule has 2 fully saturated rings. The number of hydrogen-bond acceptors (Lipinski definition) is 4. The minimum absolute atomic E-state index is 0.201. The van der Waals surface area contributed by atoms with Gasteiger partial charge in [-0.3, -0.25) is 0 Å². The first kappa shape index (κ1) is 14.6. The quantitative estimate of drug-likeness (QED) is 0.796.